The van der Waals surface area contributed by atoms with Gasteiger partial charge in [0.05, 0.1) is 13.0 Å². The average molecular weight is 451 g/mol. The van der Waals surface area contributed by atoms with Crippen molar-refractivity contribution in [2.45, 2.75) is 88.5 Å². The lowest BCUT2D eigenvalue weighted by Crippen LogP contribution is -2.47. The molecule has 1 amide bonds. The van der Waals surface area contributed by atoms with Gasteiger partial charge in [0.1, 0.15) is 10.6 Å². The van der Waals surface area contributed by atoms with Crippen molar-refractivity contribution in [1.82, 2.24) is 9.62 Å². The van der Waals surface area contributed by atoms with E-state index in [-0.39, 0.29) is 35.2 Å². The number of carbonyl (C=O) groups excluding carboxylic acids is 1. The lowest BCUT2D eigenvalue weighted by atomic mass is 9.94. The van der Waals surface area contributed by atoms with E-state index in [9.17, 15) is 13.2 Å². The Morgan fingerprint density at radius 1 is 1.06 bits per heavy atom. The molecule has 0 spiro atoms. The molecule has 1 aliphatic carbocycles. The van der Waals surface area contributed by atoms with Crippen LogP contribution in [0.3, 0.4) is 0 Å². The molecule has 1 aromatic rings. The SMILES string of the molecule is COc1ccc(C(C)C)cc1S(=O)(=O)N1CCC[C@@H](C(=O)NC2CCCCCCC2)C1. The van der Waals surface area contributed by atoms with Gasteiger partial charge in [-0.25, -0.2) is 8.42 Å². The summed E-state index contributed by atoms with van der Waals surface area (Å²) in [4.78, 5) is 13.2. The Labute approximate surface area is 187 Å². The number of amides is 1. The van der Waals surface area contributed by atoms with Crippen LogP contribution in [0, 0.1) is 5.92 Å². The number of nitrogens with zero attached hydrogens (tertiary/aromatic N) is 1. The second-order valence-electron chi connectivity index (χ2n) is 9.32. The normalized spacial score (nSPS) is 22.0. The molecule has 1 aliphatic heterocycles. The average Bonchev–Trinajstić information content (AvgIpc) is 2.75. The van der Waals surface area contributed by atoms with Gasteiger partial charge in [0.15, 0.2) is 0 Å². The molecular weight excluding hydrogens is 412 g/mol. The summed E-state index contributed by atoms with van der Waals surface area (Å²) in [5.74, 6) is 0.274. The summed E-state index contributed by atoms with van der Waals surface area (Å²) >= 11 is 0. The largest absolute Gasteiger partial charge is 0.495 e. The Morgan fingerprint density at radius 3 is 2.39 bits per heavy atom. The molecule has 0 aromatic heterocycles. The van der Waals surface area contributed by atoms with Crippen molar-refractivity contribution in [2.24, 2.45) is 5.92 Å². The van der Waals surface area contributed by atoms with E-state index >= 15 is 0 Å². The van der Waals surface area contributed by atoms with E-state index in [1.165, 1.54) is 30.7 Å². The predicted molar refractivity (Wildman–Crippen MR) is 123 cm³/mol. The molecule has 31 heavy (non-hydrogen) atoms. The highest BCUT2D eigenvalue weighted by Crippen LogP contribution is 2.32. The molecule has 7 heteroatoms. The van der Waals surface area contributed by atoms with Crippen LogP contribution in [-0.4, -0.2) is 44.9 Å². The molecule has 1 saturated heterocycles. The number of hydrogen-bond donors (Lipinski definition) is 1. The van der Waals surface area contributed by atoms with Crippen molar-refractivity contribution in [3.63, 3.8) is 0 Å². The molecule has 3 rings (SSSR count). The Bertz CT molecular complexity index is 845. The molecule has 0 bridgehead atoms. The van der Waals surface area contributed by atoms with Crippen LogP contribution in [0.4, 0.5) is 0 Å². The van der Waals surface area contributed by atoms with E-state index in [0.717, 1.165) is 37.7 Å². The van der Waals surface area contributed by atoms with Crippen molar-refractivity contribution in [3.05, 3.63) is 23.8 Å². The fraction of sp³-hybridized carbons (Fsp3) is 0.708. The van der Waals surface area contributed by atoms with E-state index in [4.69, 9.17) is 4.74 Å². The second kappa shape index (κ2) is 10.8. The number of piperidine rings is 1. The highest BCUT2D eigenvalue weighted by Gasteiger charge is 2.35. The zero-order valence-corrected chi connectivity index (χ0v) is 20.0. The first-order valence-corrected chi connectivity index (χ1v) is 13.3. The minimum absolute atomic E-state index is 0.00775. The summed E-state index contributed by atoms with van der Waals surface area (Å²) in [6.45, 7) is 4.74. The Balaban J connectivity index is 1.73. The van der Waals surface area contributed by atoms with Crippen LogP contribution in [0.1, 0.15) is 83.1 Å². The molecule has 2 fully saturated rings. The fourth-order valence-electron chi connectivity index (χ4n) is 4.69. The summed E-state index contributed by atoms with van der Waals surface area (Å²) in [5.41, 5.74) is 0.954. The number of sulfonamides is 1. The number of ether oxygens (including phenoxy) is 1. The molecule has 1 atom stereocenters. The second-order valence-corrected chi connectivity index (χ2v) is 11.2. The first kappa shape index (κ1) is 24.1. The van der Waals surface area contributed by atoms with Crippen LogP contribution in [0.2, 0.25) is 0 Å². The van der Waals surface area contributed by atoms with Crippen molar-refractivity contribution in [2.75, 3.05) is 20.2 Å². The van der Waals surface area contributed by atoms with Gasteiger partial charge < -0.3 is 10.1 Å². The number of nitrogens with one attached hydrogen (secondary N) is 1. The summed E-state index contributed by atoms with van der Waals surface area (Å²) in [5, 5.41) is 3.23. The first-order valence-electron chi connectivity index (χ1n) is 11.8. The quantitative estimate of drug-likeness (QED) is 0.695. The zero-order chi connectivity index (χ0) is 22.4. The van der Waals surface area contributed by atoms with E-state index in [1.807, 2.05) is 19.9 Å². The number of rotatable bonds is 6. The summed E-state index contributed by atoms with van der Waals surface area (Å²) in [6.07, 6.45) is 9.54. The van der Waals surface area contributed by atoms with Gasteiger partial charge in [-0.05, 0) is 49.3 Å². The lowest BCUT2D eigenvalue weighted by Gasteiger charge is -2.33. The molecule has 2 aliphatic rings. The van der Waals surface area contributed by atoms with Crippen molar-refractivity contribution in [3.8, 4) is 5.75 Å². The third kappa shape index (κ3) is 6.01. The Kier molecular flexibility index (Phi) is 8.39. The van der Waals surface area contributed by atoms with E-state index in [0.29, 0.717) is 18.7 Å². The minimum Gasteiger partial charge on any atom is -0.495 e. The third-order valence-corrected chi connectivity index (χ3v) is 8.56. The fourth-order valence-corrected chi connectivity index (χ4v) is 6.40. The highest BCUT2D eigenvalue weighted by atomic mass is 32.2. The topological polar surface area (TPSA) is 75.7 Å². The number of methoxy groups -OCH3 is 1. The van der Waals surface area contributed by atoms with Gasteiger partial charge in [0.2, 0.25) is 15.9 Å². The molecule has 174 valence electrons. The van der Waals surface area contributed by atoms with Crippen LogP contribution in [0.15, 0.2) is 23.1 Å². The van der Waals surface area contributed by atoms with Crippen molar-refractivity contribution in [1.29, 1.82) is 0 Å². The molecule has 1 saturated carbocycles. The maximum atomic E-state index is 13.5. The maximum absolute atomic E-state index is 13.5. The first-order chi connectivity index (χ1) is 14.8. The van der Waals surface area contributed by atoms with E-state index in [2.05, 4.69) is 5.32 Å². The number of carbonyl (C=O) groups is 1. The molecule has 6 nitrogen and oxygen atoms in total. The van der Waals surface area contributed by atoms with Crippen LogP contribution in [-0.2, 0) is 14.8 Å². The molecule has 0 radical (unpaired) electrons. The molecule has 1 heterocycles. The van der Waals surface area contributed by atoms with Gasteiger partial charge in [-0.1, -0.05) is 52.0 Å². The smallest absolute Gasteiger partial charge is 0.246 e. The van der Waals surface area contributed by atoms with Gasteiger partial charge >= 0.3 is 0 Å². The van der Waals surface area contributed by atoms with E-state index in [1.54, 1.807) is 12.1 Å². The van der Waals surface area contributed by atoms with Crippen molar-refractivity contribution >= 4 is 15.9 Å². The van der Waals surface area contributed by atoms with Gasteiger partial charge in [-0.3, -0.25) is 4.79 Å². The molecule has 1 aromatic carbocycles. The predicted octanol–water partition coefficient (Wildman–Crippen LogP) is 4.45. The zero-order valence-electron chi connectivity index (χ0n) is 19.2. The summed E-state index contributed by atoms with van der Waals surface area (Å²) in [7, 11) is -2.25. The molecular formula is C24H38N2O4S. The van der Waals surface area contributed by atoms with Gasteiger partial charge in [0, 0.05) is 19.1 Å². The number of benzene rings is 1. The molecule has 1 N–H and O–H groups in total. The maximum Gasteiger partial charge on any atom is 0.246 e. The highest BCUT2D eigenvalue weighted by molar-refractivity contribution is 7.89. The van der Waals surface area contributed by atoms with Gasteiger partial charge in [-0.2, -0.15) is 4.31 Å². The van der Waals surface area contributed by atoms with Crippen LogP contribution in [0.5, 0.6) is 5.75 Å². The summed E-state index contributed by atoms with van der Waals surface area (Å²) < 4.78 is 33.8. The van der Waals surface area contributed by atoms with Crippen LogP contribution < -0.4 is 10.1 Å². The van der Waals surface area contributed by atoms with Gasteiger partial charge in [-0.15, -0.1) is 0 Å². The van der Waals surface area contributed by atoms with Crippen LogP contribution in [0.25, 0.3) is 0 Å². The standard InChI is InChI=1S/C24H38N2O4S/c1-18(2)19-13-14-22(30-3)23(16-19)31(28,29)26-15-9-10-20(17-26)24(27)25-21-11-7-5-4-6-8-12-21/h13-14,16,18,20-21H,4-12,15,17H2,1-3H3,(H,25,27)/t20-/m1/s1. The number of hydrogen-bond acceptors (Lipinski definition) is 4. The van der Waals surface area contributed by atoms with Crippen LogP contribution >= 0.6 is 0 Å². The molecule has 0 unspecified atom stereocenters. The third-order valence-electron chi connectivity index (χ3n) is 6.68. The lowest BCUT2D eigenvalue weighted by molar-refractivity contribution is -0.126. The summed E-state index contributed by atoms with van der Waals surface area (Å²) in [6, 6.07) is 5.58. The van der Waals surface area contributed by atoms with E-state index < -0.39 is 10.0 Å². The minimum atomic E-state index is -3.74. The van der Waals surface area contributed by atoms with Gasteiger partial charge in [0.25, 0.3) is 0 Å². The Hall–Kier alpha value is -1.60. The monoisotopic (exact) mass is 450 g/mol. The Morgan fingerprint density at radius 2 is 1.74 bits per heavy atom. The van der Waals surface area contributed by atoms with Crippen molar-refractivity contribution < 1.29 is 17.9 Å².